The largest absolute Gasteiger partial charge is 0.325 e. The number of anilines is 1. The van der Waals surface area contributed by atoms with Crippen molar-refractivity contribution < 1.29 is 4.79 Å². The maximum atomic E-state index is 12.4. The predicted molar refractivity (Wildman–Crippen MR) is 99.4 cm³/mol. The van der Waals surface area contributed by atoms with E-state index in [-0.39, 0.29) is 5.91 Å². The first kappa shape index (κ1) is 15.1. The van der Waals surface area contributed by atoms with Gasteiger partial charge in [-0.25, -0.2) is 4.98 Å². The summed E-state index contributed by atoms with van der Waals surface area (Å²) in [5.74, 6) is -0.0394. The molecule has 4 aromatic rings. The molecule has 1 N–H and O–H groups in total. The molecule has 0 fully saturated rings. The van der Waals surface area contributed by atoms with Crippen LogP contribution in [0.15, 0.2) is 85.2 Å². The smallest absolute Gasteiger partial charge is 0.228 e. The van der Waals surface area contributed by atoms with Crippen LogP contribution in [-0.4, -0.2) is 15.3 Å². The van der Waals surface area contributed by atoms with Gasteiger partial charge < -0.3 is 9.72 Å². The maximum absolute atomic E-state index is 12.4. The lowest BCUT2D eigenvalue weighted by molar-refractivity contribution is -0.115. The molecule has 0 atom stereocenters. The zero-order chi connectivity index (χ0) is 17.1. The Labute approximate surface area is 145 Å². The lowest BCUT2D eigenvalue weighted by Gasteiger charge is -2.09. The highest BCUT2D eigenvalue weighted by Crippen LogP contribution is 2.27. The molecule has 0 aliphatic rings. The van der Waals surface area contributed by atoms with Gasteiger partial charge in [0.2, 0.25) is 5.91 Å². The summed E-state index contributed by atoms with van der Waals surface area (Å²) in [5, 5.41) is 3.01. The molecule has 4 rings (SSSR count). The van der Waals surface area contributed by atoms with Crippen molar-refractivity contribution in [1.82, 2.24) is 9.38 Å². The first-order valence-electron chi connectivity index (χ1n) is 8.16. The van der Waals surface area contributed by atoms with Gasteiger partial charge in [-0.2, -0.15) is 0 Å². The third-order valence-electron chi connectivity index (χ3n) is 4.05. The number of nitrogens with zero attached hydrogens (tertiary/aromatic N) is 2. The number of hydrogen-bond acceptors (Lipinski definition) is 2. The summed E-state index contributed by atoms with van der Waals surface area (Å²) < 4.78 is 1.97. The Bertz CT molecular complexity index is 988. The molecule has 1 amide bonds. The molecule has 25 heavy (non-hydrogen) atoms. The molecule has 4 heteroatoms. The molecule has 0 saturated carbocycles. The zero-order valence-electron chi connectivity index (χ0n) is 13.6. The van der Waals surface area contributed by atoms with Crippen LogP contribution in [0.3, 0.4) is 0 Å². The highest BCUT2D eigenvalue weighted by Gasteiger charge is 2.11. The van der Waals surface area contributed by atoms with Gasteiger partial charge in [-0.05, 0) is 23.8 Å². The van der Waals surface area contributed by atoms with E-state index in [0.29, 0.717) is 6.42 Å². The van der Waals surface area contributed by atoms with Gasteiger partial charge in [-0.3, -0.25) is 4.79 Å². The SMILES string of the molecule is O=C(Cc1ccccc1)Nc1ccccc1-c1cn2ccccc2n1. The molecule has 0 unspecified atom stereocenters. The van der Waals surface area contributed by atoms with Gasteiger partial charge in [0, 0.05) is 18.0 Å². The third kappa shape index (κ3) is 3.28. The molecule has 122 valence electrons. The number of aromatic nitrogens is 2. The minimum atomic E-state index is -0.0394. The molecule has 0 saturated heterocycles. The fourth-order valence-electron chi connectivity index (χ4n) is 2.86. The average Bonchev–Trinajstić information content (AvgIpc) is 3.07. The first-order chi connectivity index (χ1) is 12.3. The van der Waals surface area contributed by atoms with Crippen molar-refractivity contribution in [2.75, 3.05) is 5.32 Å². The van der Waals surface area contributed by atoms with Gasteiger partial charge in [0.25, 0.3) is 0 Å². The van der Waals surface area contributed by atoms with E-state index < -0.39 is 0 Å². The van der Waals surface area contributed by atoms with E-state index in [4.69, 9.17) is 0 Å². The lowest BCUT2D eigenvalue weighted by atomic mass is 10.1. The average molecular weight is 327 g/mol. The molecule has 0 bridgehead atoms. The summed E-state index contributed by atoms with van der Waals surface area (Å²) in [6.45, 7) is 0. The molecule has 2 heterocycles. The molecular formula is C21H17N3O. The molecular weight excluding hydrogens is 310 g/mol. The van der Waals surface area contributed by atoms with Gasteiger partial charge in [-0.15, -0.1) is 0 Å². The number of nitrogens with one attached hydrogen (secondary N) is 1. The summed E-state index contributed by atoms with van der Waals surface area (Å²) in [5.41, 5.74) is 4.38. The molecule has 4 nitrogen and oxygen atoms in total. The molecule has 0 radical (unpaired) electrons. The number of para-hydroxylation sites is 1. The highest BCUT2D eigenvalue weighted by molar-refractivity contribution is 5.96. The van der Waals surface area contributed by atoms with E-state index in [2.05, 4.69) is 10.3 Å². The Balaban J connectivity index is 1.61. The van der Waals surface area contributed by atoms with Crippen molar-refractivity contribution in [3.05, 3.63) is 90.8 Å². The standard InChI is InChI=1S/C21H17N3O/c25-21(14-16-8-2-1-3-9-16)23-18-11-5-4-10-17(18)19-15-24-13-7-6-12-20(24)22-19/h1-13,15H,14H2,(H,23,25). The van der Waals surface area contributed by atoms with Crippen molar-refractivity contribution in [2.24, 2.45) is 0 Å². The van der Waals surface area contributed by atoms with E-state index in [1.807, 2.05) is 89.6 Å². The van der Waals surface area contributed by atoms with Crippen LogP contribution in [0.25, 0.3) is 16.9 Å². The Morgan fingerprint density at radius 1 is 0.920 bits per heavy atom. The van der Waals surface area contributed by atoms with Crippen LogP contribution >= 0.6 is 0 Å². The van der Waals surface area contributed by atoms with E-state index in [1.165, 1.54) is 0 Å². The van der Waals surface area contributed by atoms with Gasteiger partial charge in [0.05, 0.1) is 17.8 Å². The number of rotatable bonds is 4. The Morgan fingerprint density at radius 3 is 2.52 bits per heavy atom. The molecule has 0 aliphatic carbocycles. The van der Waals surface area contributed by atoms with Gasteiger partial charge in [0.1, 0.15) is 5.65 Å². The summed E-state index contributed by atoms with van der Waals surface area (Å²) in [6, 6.07) is 23.3. The lowest BCUT2D eigenvalue weighted by Crippen LogP contribution is -2.14. The Hall–Kier alpha value is -3.40. The van der Waals surface area contributed by atoms with Crippen LogP contribution < -0.4 is 5.32 Å². The van der Waals surface area contributed by atoms with Crippen LogP contribution in [0.1, 0.15) is 5.56 Å². The Kier molecular flexibility index (Phi) is 4.01. The second kappa shape index (κ2) is 6.61. The van der Waals surface area contributed by atoms with Gasteiger partial charge in [0.15, 0.2) is 0 Å². The zero-order valence-corrected chi connectivity index (χ0v) is 13.6. The van der Waals surface area contributed by atoms with Crippen LogP contribution in [0.5, 0.6) is 0 Å². The number of amides is 1. The van der Waals surface area contributed by atoms with Crippen LogP contribution in [-0.2, 0) is 11.2 Å². The summed E-state index contributed by atoms with van der Waals surface area (Å²) in [7, 11) is 0. The minimum Gasteiger partial charge on any atom is -0.325 e. The van der Waals surface area contributed by atoms with E-state index in [0.717, 1.165) is 28.2 Å². The maximum Gasteiger partial charge on any atom is 0.228 e. The van der Waals surface area contributed by atoms with Crippen molar-refractivity contribution in [3.8, 4) is 11.3 Å². The normalized spacial score (nSPS) is 10.7. The minimum absolute atomic E-state index is 0.0394. The summed E-state index contributed by atoms with van der Waals surface area (Å²) >= 11 is 0. The van der Waals surface area contributed by atoms with Crippen LogP contribution in [0, 0.1) is 0 Å². The second-order valence-electron chi connectivity index (χ2n) is 5.85. The number of hydrogen-bond donors (Lipinski definition) is 1. The van der Waals surface area contributed by atoms with Crippen LogP contribution in [0.4, 0.5) is 5.69 Å². The first-order valence-corrected chi connectivity index (χ1v) is 8.16. The van der Waals surface area contributed by atoms with Gasteiger partial charge >= 0.3 is 0 Å². The number of imidazole rings is 1. The monoisotopic (exact) mass is 327 g/mol. The summed E-state index contributed by atoms with van der Waals surface area (Å²) in [4.78, 5) is 17.0. The quantitative estimate of drug-likeness (QED) is 0.611. The third-order valence-corrected chi connectivity index (χ3v) is 4.05. The topological polar surface area (TPSA) is 46.4 Å². The van der Waals surface area contributed by atoms with Crippen molar-refractivity contribution in [2.45, 2.75) is 6.42 Å². The second-order valence-corrected chi connectivity index (χ2v) is 5.85. The van der Waals surface area contributed by atoms with E-state index in [1.54, 1.807) is 0 Å². The fraction of sp³-hybridized carbons (Fsp3) is 0.0476. The molecule has 2 aromatic heterocycles. The molecule has 0 spiro atoms. The summed E-state index contributed by atoms with van der Waals surface area (Å²) in [6.07, 6.45) is 4.28. The molecule has 0 aliphatic heterocycles. The van der Waals surface area contributed by atoms with Crippen LogP contribution in [0.2, 0.25) is 0 Å². The van der Waals surface area contributed by atoms with E-state index in [9.17, 15) is 4.79 Å². The van der Waals surface area contributed by atoms with Crippen molar-refractivity contribution >= 4 is 17.2 Å². The number of fused-ring (bicyclic) bond motifs is 1. The van der Waals surface area contributed by atoms with Crippen molar-refractivity contribution in [1.29, 1.82) is 0 Å². The van der Waals surface area contributed by atoms with E-state index >= 15 is 0 Å². The number of carbonyl (C=O) groups is 1. The van der Waals surface area contributed by atoms with Gasteiger partial charge in [-0.1, -0.05) is 54.6 Å². The number of pyridine rings is 1. The predicted octanol–water partition coefficient (Wildman–Crippen LogP) is 4.18. The number of benzene rings is 2. The number of carbonyl (C=O) groups excluding carboxylic acids is 1. The highest BCUT2D eigenvalue weighted by atomic mass is 16.1. The molecule has 2 aromatic carbocycles. The van der Waals surface area contributed by atoms with Crippen molar-refractivity contribution in [3.63, 3.8) is 0 Å². The Morgan fingerprint density at radius 2 is 1.68 bits per heavy atom. The fourth-order valence-corrected chi connectivity index (χ4v) is 2.86.